The quantitative estimate of drug-likeness (QED) is 0.884. The standard InChI is InChI=1S/C10H17BrN4/c1-2-3-8-9(11)10-13-5-4-7(6-12)15(10)14-8/h7,13H,2-6,12H2,1H3. The van der Waals surface area contributed by atoms with Crippen molar-refractivity contribution in [3.8, 4) is 0 Å². The molecular weight excluding hydrogens is 256 g/mol. The Kier molecular flexibility index (Phi) is 3.31. The molecule has 1 atom stereocenters. The van der Waals surface area contributed by atoms with Crippen LogP contribution in [0.25, 0.3) is 0 Å². The number of hydrogen-bond acceptors (Lipinski definition) is 3. The van der Waals surface area contributed by atoms with E-state index in [1.165, 1.54) is 0 Å². The molecule has 84 valence electrons. The first-order chi connectivity index (χ1) is 7.27. The van der Waals surface area contributed by atoms with Gasteiger partial charge in [0.1, 0.15) is 5.82 Å². The van der Waals surface area contributed by atoms with Gasteiger partial charge in [-0.25, -0.2) is 4.68 Å². The van der Waals surface area contributed by atoms with Gasteiger partial charge in [0, 0.05) is 13.1 Å². The highest BCUT2D eigenvalue weighted by atomic mass is 79.9. The molecule has 1 aromatic heterocycles. The molecule has 1 unspecified atom stereocenters. The average molecular weight is 273 g/mol. The van der Waals surface area contributed by atoms with Crippen LogP contribution in [0.5, 0.6) is 0 Å². The van der Waals surface area contributed by atoms with Gasteiger partial charge in [-0.3, -0.25) is 0 Å². The fourth-order valence-corrected chi connectivity index (χ4v) is 2.58. The van der Waals surface area contributed by atoms with Crippen LogP contribution in [0, 0.1) is 0 Å². The summed E-state index contributed by atoms with van der Waals surface area (Å²) in [6.07, 6.45) is 3.19. The molecule has 0 aromatic carbocycles. The fraction of sp³-hybridized carbons (Fsp3) is 0.700. The Bertz CT molecular complexity index is 347. The van der Waals surface area contributed by atoms with Crippen molar-refractivity contribution < 1.29 is 0 Å². The number of hydrogen-bond donors (Lipinski definition) is 2. The van der Waals surface area contributed by atoms with E-state index in [9.17, 15) is 0 Å². The van der Waals surface area contributed by atoms with E-state index in [1.54, 1.807) is 0 Å². The number of nitrogens with zero attached hydrogens (tertiary/aromatic N) is 2. The minimum Gasteiger partial charge on any atom is -0.369 e. The number of nitrogens with two attached hydrogens (primary N) is 1. The lowest BCUT2D eigenvalue weighted by atomic mass is 10.2. The largest absolute Gasteiger partial charge is 0.369 e. The predicted molar refractivity (Wildman–Crippen MR) is 65.1 cm³/mol. The van der Waals surface area contributed by atoms with E-state index < -0.39 is 0 Å². The zero-order valence-corrected chi connectivity index (χ0v) is 10.5. The van der Waals surface area contributed by atoms with Crippen LogP contribution in [-0.4, -0.2) is 22.9 Å². The second-order valence-electron chi connectivity index (χ2n) is 3.91. The maximum absolute atomic E-state index is 5.75. The van der Waals surface area contributed by atoms with Crippen LogP contribution >= 0.6 is 15.9 Å². The molecule has 0 aliphatic carbocycles. The molecule has 15 heavy (non-hydrogen) atoms. The van der Waals surface area contributed by atoms with E-state index in [0.717, 1.165) is 41.8 Å². The SMILES string of the molecule is CCCc1nn2c(c1Br)NCCC2CN. The third-order valence-electron chi connectivity index (χ3n) is 2.79. The molecule has 5 heteroatoms. The third-order valence-corrected chi connectivity index (χ3v) is 3.63. The van der Waals surface area contributed by atoms with Gasteiger partial charge in [0.15, 0.2) is 0 Å². The second kappa shape index (κ2) is 4.53. The van der Waals surface area contributed by atoms with Crippen molar-refractivity contribution in [1.82, 2.24) is 9.78 Å². The van der Waals surface area contributed by atoms with Crippen molar-refractivity contribution >= 4 is 21.7 Å². The van der Waals surface area contributed by atoms with Crippen LogP contribution in [0.4, 0.5) is 5.82 Å². The van der Waals surface area contributed by atoms with Crippen LogP contribution in [-0.2, 0) is 6.42 Å². The molecule has 1 aliphatic heterocycles. The summed E-state index contributed by atoms with van der Waals surface area (Å²) in [6.45, 7) is 3.81. The smallest absolute Gasteiger partial charge is 0.139 e. The summed E-state index contributed by atoms with van der Waals surface area (Å²) in [7, 11) is 0. The molecule has 0 saturated heterocycles. The lowest BCUT2D eigenvalue weighted by Crippen LogP contribution is -2.28. The maximum atomic E-state index is 5.75. The monoisotopic (exact) mass is 272 g/mol. The molecule has 0 spiro atoms. The van der Waals surface area contributed by atoms with Crippen LogP contribution in [0.1, 0.15) is 31.5 Å². The first kappa shape index (κ1) is 11.0. The van der Waals surface area contributed by atoms with Gasteiger partial charge in [0.05, 0.1) is 16.2 Å². The van der Waals surface area contributed by atoms with Gasteiger partial charge in [-0.05, 0) is 28.8 Å². The van der Waals surface area contributed by atoms with E-state index in [1.807, 2.05) is 4.68 Å². The number of fused-ring (bicyclic) bond motifs is 1. The number of anilines is 1. The van der Waals surface area contributed by atoms with E-state index in [-0.39, 0.29) is 0 Å². The fourth-order valence-electron chi connectivity index (χ4n) is 1.98. The second-order valence-corrected chi connectivity index (χ2v) is 4.70. The first-order valence-electron chi connectivity index (χ1n) is 5.48. The van der Waals surface area contributed by atoms with Crippen molar-refractivity contribution in [1.29, 1.82) is 0 Å². The van der Waals surface area contributed by atoms with Gasteiger partial charge in [-0.2, -0.15) is 5.10 Å². The van der Waals surface area contributed by atoms with Crippen molar-refractivity contribution in [3.63, 3.8) is 0 Å². The first-order valence-corrected chi connectivity index (χ1v) is 6.28. The van der Waals surface area contributed by atoms with Crippen molar-refractivity contribution in [2.45, 2.75) is 32.2 Å². The number of aryl methyl sites for hydroxylation is 1. The van der Waals surface area contributed by atoms with Gasteiger partial charge >= 0.3 is 0 Å². The molecule has 1 aliphatic rings. The lowest BCUT2D eigenvalue weighted by molar-refractivity contribution is 0.425. The number of rotatable bonds is 3. The normalized spacial score (nSPS) is 19.8. The van der Waals surface area contributed by atoms with Gasteiger partial charge < -0.3 is 11.1 Å². The highest BCUT2D eigenvalue weighted by Crippen LogP contribution is 2.33. The van der Waals surface area contributed by atoms with E-state index >= 15 is 0 Å². The Morgan fingerprint density at radius 2 is 2.47 bits per heavy atom. The summed E-state index contributed by atoms with van der Waals surface area (Å²) in [5, 5.41) is 7.99. The summed E-state index contributed by atoms with van der Waals surface area (Å²) in [5.74, 6) is 1.10. The van der Waals surface area contributed by atoms with Gasteiger partial charge in [0.25, 0.3) is 0 Å². The van der Waals surface area contributed by atoms with Crippen molar-refractivity contribution in [2.24, 2.45) is 5.73 Å². The molecule has 0 saturated carbocycles. The molecule has 2 rings (SSSR count). The topological polar surface area (TPSA) is 55.9 Å². The van der Waals surface area contributed by atoms with Crippen LogP contribution < -0.4 is 11.1 Å². The van der Waals surface area contributed by atoms with E-state index in [0.29, 0.717) is 12.6 Å². The maximum Gasteiger partial charge on any atom is 0.139 e. The molecule has 3 N–H and O–H groups in total. The van der Waals surface area contributed by atoms with Gasteiger partial charge in [-0.15, -0.1) is 0 Å². The number of halogens is 1. The molecule has 0 amide bonds. The van der Waals surface area contributed by atoms with Gasteiger partial charge in [0.2, 0.25) is 0 Å². The molecular formula is C10H17BrN4. The average Bonchev–Trinajstić information content (AvgIpc) is 2.57. The Labute approximate surface area is 98.3 Å². The summed E-state index contributed by atoms with van der Waals surface area (Å²) in [4.78, 5) is 0. The van der Waals surface area contributed by atoms with E-state index in [2.05, 4.69) is 33.3 Å². The minimum absolute atomic E-state index is 0.350. The Morgan fingerprint density at radius 3 is 3.13 bits per heavy atom. The summed E-state index contributed by atoms with van der Waals surface area (Å²) >= 11 is 3.61. The number of nitrogens with one attached hydrogen (secondary N) is 1. The molecule has 4 nitrogen and oxygen atoms in total. The Balaban J connectivity index is 2.36. The van der Waals surface area contributed by atoms with E-state index in [4.69, 9.17) is 5.73 Å². The van der Waals surface area contributed by atoms with Crippen LogP contribution in [0.3, 0.4) is 0 Å². The van der Waals surface area contributed by atoms with Gasteiger partial charge in [-0.1, -0.05) is 13.3 Å². The van der Waals surface area contributed by atoms with Crippen molar-refractivity contribution in [3.05, 3.63) is 10.2 Å². The zero-order chi connectivity index (χ0) is 10.8. The summed E-state index contributed by atoms with van der Waals surface area (Å²) in [6, 6.07) is 0.350. The molecule has 0 radical (unpaired) electrons. The Hall–Kier alpha value is -0.550. The minimum atomic E-state index is 0.350. The highest BCUT2D eigenvalue weighted by Gasteiger charge is 2.23. The highest BCUT2D eigenvalue weighted by molar-refractivity contribution is 9.10. The third kappa shape index (κ3) is 1.90. The van der Waals surface area contributed by atoms with Crippen LogP contribution in [0.2, 0.25) is 0 Å². The molecule has 1 aromatic rings. The predicted octanol–water partition coefficient (Wildman–Crippen LogP) is 1.91. The summed E-state index contributed by atoms with van der Waals surface area (Å²) < 4.78 is 3.15. The Morgan fingerprint density at radius 1 is 1.67 bits per heavy atom. The van der Waals surface area contributed by atoms with Crippen molar-refractivity contribution in [2.75, 3.05) is 18.4 Å². The number of aromatic nitrogens is 2. The summed E-state index contributed by atoms with van der Waals surface area (Å²) in [5.41, 5.74) is 6.89. The lowest BCUT2D eigenvalue weighted by Gasteiger charge is -2.24. The molecule has 0 fully saturated rings. The zero-order valence-electron chi connectivity index (χ0n) is 8.96. The molecule has 2 heterocycles. The molecule has 0 bridgehead atoms. The van der Waals surface area contributed by atoms with Crippen LogP contribution in [0.15, 0.2) is 4.47 Å².